The number of benzene rings is 1. The van der Waals surface area contributed by atoms with E-state index < -0.39 is 11.5 Å². The average molecular weight is 267 g/mol. The van der Waals surface area contributed by atoms with Crippen molar-refractivity contribution >= 4 is 5.97 Å². The van der Waals surface area contributed by atoms with Gasteiger partial charge in [0, 0.05) is 0 Å². The minimum atomic E-state index is -0.981. The van der Waals surface area contributed by atoms with Gasteiger partial charge in [-0.1, -0.05) is 12.1 Å². The molecule has 1 unspecified atom stereocenters. The molecule has 5 nitrogen and oxygen atoms in total. The largest absolute Gasteiger partial charge is 0.494 e. The first kappa shape index (κ1) is 15.5. The molecule has 0 saturated carbocycles. The van der Waals surface area contributed by atoms with E-state index in [1.807, 2.05) is 18.2 Å². The van der Waals surface area contributed by atoms with Crippen molar-refractivity contribution in [2.75, 3.05) is 13.7 Å². The van der Waals surface area contributed by atoms with Crippen LogP contribution in [0.15, 0.2) is 24.3 Å². The molecule has 106 valence electrons. The van der Waals surface area contributed by atoms with Crippen LogP contribution in [0.4, 0.5) is 0 Å². The molecule has 5 heteroatoms. The number of esters is 1. The van der Waals surface area contributed by atoms with Gasteiger partial charge in [-0.3, -0.25) is 4.79 Å². The molecule has 0 radical (unpaired) electrons. The molecule has 0 fully saturated rings. The second kappa shape index (κ2) is 7.11. The molecule has 0 amide bonds. The number of carbonyl (C=O) groups excluding carboxylic acids is 1. The number of hydrogen-bond acceptors (Lipinski definition) is 5. The molecule has 0 heterocycles. The van der Waals surface area contributed by atoms with Gasteiger partial charge >= 0.3 is 5.97 Å². The van der Waals surface area contributed by atoms with Crippen LogP contribution in [0.25, 0.3) is 0 Å². The maximum absolute atomic E-state index is 11.4. The minimum Gasteiger partial charge on any atom is -0.494 e. The van der Waals surface area contributed by atoms with Crippen molar-refractivity contribution in [3.05, 3.63) is 29.8 Å². The maximum atomic E-state index is 11.4. The summed E-state index contributed by atoms with van der Waals surface area (Å²) >= 11 is 0. The summed E-state index contributed by atoms with van der Waals surface area (Å²) in [5.74, 6) is 0.276. The molecule has 0 aliphatic heterocycles. The summed E-state index contributed by atoms with van der Waals surface area (Å²) < 4.78 is 10.2. The van der Waals surface area contributed by atoms with E-state index in [1.165, 1.54) is 7.11 Å². The molecule has 1 atom stereocenters. The molecule has 0 aliphatic carbocycles. The fraction of sp³-hybridized carbons (Fsp3) is 0.500. The molecule has 0 bridgehead atoms. The number of nitrogens with two attached hydrogens (primary N) is 1. The van der Waals surface area contributed by atoms with E-state index in [1.54, 1.807) is 13.0 Å². The first-order valence-corrected chi connectivity index (χ1v) is 6.19. The van der Waals surface area contributed by atoms with Crippen LogP contribution in [-0.2, 0) is 16.1 Å². The highest BCUT2D eigenvalue weighted by atomic mass is 16.5. The molecule has 1 aromatic rings. The number of methoxy groups -OCH3 is 1. The molecule has 0 spiro atoms. The number of carbonyl (C=O) groups is 1. The maximum Gasteiger partial charge on any atom is 0.325 e. The van der Waals surface area contributed by atoms with Crippen LogP contribution in [0.2, 0.25) is 0 Å². The zero-order chi connectivity index (χ0) is 14.3. The molecule has 0 saturated heterocycles. The number of aliphatic hydroxyl groups is 1. The Morgan fingerprint density at radius 3 is 2.84 bits per heavy atom. The van der Waals surface area contributed by atoms with E-state index in [4.69, 9.17) is 15.6 Å². The van der Waals surface area contributed by atoms with E-state index in [0.29, 0.717) is 25.2 Å². The van der Waals surface area contributed by atoms with Crippen LogP contribution < -0.4 is 10.5 Å². The Bertz CT molecular complexity index is 418. The zero-order valence-electron chi connectivity index (χ0n) is 11.4. The van der Waals surface area contributed by atoms with E-state index in [2.05, 4.69) is 4.74 Å². The van der Waals surface area contributed by atoms with Crippen LogP contribution in [0, 0.1) is 0 Å². The predicted octanol–water partition coefficient (Wildman–Crippen LogP) is 1.23. The predicted molar refractivity (Wildman–Crippen MR) is 71.7 cm³/mol. The molecule has 1 rings (SSSR count). The van der Waals surface area contributed by atoms with E-state index in [-0.39, 0.29) is 6.61 Å². The lowest BCUT2D eigenvalue weighted by atomic mass is 9.98. The van der Waals surface area contributed by atoms with Crippen molar-refractivity contribution in [3.63, 3.8) is 0 Å². The van der Waals surface area contributed by atoms with Gasteiger partial charge in [0.15, 0.2) is 0 Å². The normalized spacial score (nSPS) is 13.7. The highest BCUT2D eigenvalue weighted by Gasteiger charge is 2.28. The highest BCUT2D eigenvalue weighted by Crippen LogP contribution is 2.15. The summed E-state index contributed by atoms with van der Waals surface area (Å²) in [7, 11) is 1.32. The van der Waals surface area contributed by atoms with Gasteiger partial charge in [0.25, 0.3) is 0 Å². The summed E-state index contributed by atoms with van der Waals surface area (Å²) in [5.41, 5.74) is 5.65. The van der Waals surface area contributed by atoms with E-state index in [0.717, 1.165) is 5.56 Å². The van der Waals surface area contributed by atoms with Crippen molar-refractivity contribution in [2.24, 2.45) is 5.73 Å². The molecule has 0 aliphatic rings. The Hall–Kier alpha value is -1.59. The van der Waals surface area contributed by atoms with Crippen LogP contribution in [0.3, 0.4) is 0 Å². The SMILES string of the molecule is COC(=O)C(C)(N)CCCOc1cccc(CO)c1. The standard InChI is InChI=1S/C14H21NO4/c1-14(15,13(17)18-2)7-4-8-19-12-6-3-5-11(9-12)10-16/h3,5-6,9,16H,4,7-8,10,15H2,1-2H3. The van der Waals surface area contributed by atoms with Gasteiger partial charge in [0.2, 0.25) is 0 Å². The Labute approximate surface area is 113 Å². The number of rotatable bonds is 7. The van der Waals surface area contributed by atoms with Crippen molar-refractivity contribution in [3.8, 4) is 5.75 Å². The molecule has 0 aromatic heterocycles. The third-order valence-corrected chi connectivity index (χ3v) is 2.84. The van der Waals surface area contributed by atoms with Gasteiger partial charge in [0.1, 0.15) is 11.3 Å². The summed E-state index contributed by atoms with van der Waals surface area (Å²) in [5, 5.41) is 9.01. The summed E-state index contributed by atoms with van der Waals surface area (Å²) in [6, 6.07) is 7.24. The monoisotopic (exact) mass is 267 g/mol. The third kappa shape index (κ3) is 4.89. The first-order chi connectivity index (χ1) is 8.99. The smallest absolute Gasteiger partial charge is 0.325 e. The van der Waals surface area contributed by atoms with Gasteiger partial charge in [-0.15, -0.1) is 0 Å². The first-order valence-electron chi connectivity index (χ1n) is 6.19. The number of ether oxygens (including phenoxy) is 2. The van der Waals surface area contributed by atoms with Crippen molar-refractivity contribution in [1.29, 1.82) is 0 Å². The second-order valence-electron chi connectivity index (χ2n) is 4.67. The molecular weight excluding hydrogens is 246 g/mol. The summed E-state index contributed by atoms with van der Waals surface area (Å²) in [4.78, 5) is 11.4. The van der Waals surface area contributed by atoms with Crippen molar-refractivity contribution in [2.45, 2.75) is 31.9 Å². The van der Waals surface area contributed by atoms with Crippen molar-refractivity contribution in [1.82, 2.24) is 0 Å². The Kier molecular flexibility index (Phi) is 5.79. The van der Waals surface area contributed by atoms with Crippen LogP contribution in [0.1, 0.15) is 25.3 Å². The van der Waals surface area contributed by atoms with Crippen LogP contribution >= 0.6 is 0 Å². The fourth-order valence-corrected chi connectivity index (χ4v) is 1.70. The van der Waals surface area contributed by atoms with Gasteiger partial charge in [-0.05, 0) is 37.5 Å². The summed E-state index contributed by atoms with van der Waals surface area (Å²) in [6.45, 7) is 2.09. The summed E-state index contributed by atoms with van der Waals surface area (Å²) in [6.07, 6.45) is 1.13. The van der Waals surface area contributed by atoms with Crippen LogP contribution in [0.5, 0.6) is 5.75 Å². The van der Waals surface area contributed by atoms with Crippen LogP contribution in [-0.4, -0.2) is 30.3 Å². The van der Waals surface area contributed by atoms with Gasteiger partial charge < -0.3 is 20.3 Å². The third-order valence-electron chi connectivity index (χ3n) is 2.84. The topological polar surface area (TPSA) is 81.8 Å². The molecule has 19 heavy (non-hydrogen) atoms. The zero-order valence-corrected chi connectivity index (χ0v) is 11.4. The quantitative estimate of drug-likeness (QED) is 0.573. The van der Waals surface area contributed by atoms with Gasteiger partial charge in [-0.25, -0.2) is 0 Å². The van der Waals surface area contributed by atoms with Gasteiger partial charge in [-0.2, -0.15) is 0 Å². The lowest BCUT2D eigenvalue weighted by molar-refractivity contribution is -0.146. The lowest BCUT2D eigenvalue weighted by Crippen LogP contribution is -2.45. The van der Waals surface area contributed by atoms with E-state index >= 15 is 0 Å². The lowest BCUT2D eigenvalue weighted by Gasteiger charge is -2.21. The molecule has 1 aromatic carbocycles. The average Bonchev–Trinajstić information content (AvgIpc) is 2.43. The minimum absolute atomic E-state index is 0.0135. The fourth-order valence-electron chi connectivity index (χ4n) is 1.70. The molecule has 3 N–H and O–H groups in total. The highest BCUT2D eigenvalue weighted by molar-refractivity contribution is 5.79. The Morgan fingerprint density at radius 1 is 1.47 bits per heavy atom. The number of aliphatic hydroxyl groups excluding tert-OH is 1. The van der Waals surface area contributed by atoms with Gasteiger partial charge in [0.05, 0.1) is 20.3 Å². The van der Waals surface area contributed by atoms with E-state index in [9.17, 15) is 4.79 Å². The van der Waals surface area contributed by atoms with Crippen molar-refractivity contribution < 1.29 is 19.4 Å². The Balaban J connectivity index is 2.36. The Morgan fingerprint density at radius 2 is 2.21 bits per heavy atom. The number of hydrogen-bond donors (Lipinski definition) is 2. The second-order valence-corrected chi connectivity index (χ2v) is 4.67. The molecular formula is C14H21NO4.